The molecule has 0 saturated carbocycles. The largest absolute Gasteiger partial charge is 0.480 e. The van der Waals surface area contributed by atoms with Gasteiger partial charge in [0.1, 0.15) is 5.01 Å². The molecule has 1 aliphatic rings. The standard InChI is InChI=1S/C14H16N4O2S/c1-20-12-6-5-10(16-17-12)14(19)18-8-3-2-4-11(18)13-15-7-9-21-13/h5-7,9,11H,2-4,8H2,1H3/t11-/m0/s1. The summed E-state index contributed by atoms with van der Waals surface area (Å²) < 4.78 is 4.97. The van der Waals surface area contributed by atoms with Gasteiger partial charge in [-0.2, -0.15) is 0 Å². The van der Waals surface area contributed by atoms with Crippen LogP contribution in [0.3, 0.4) is 0 Å². The average molecular weight is 304 g/mol. The van der Waals surface area contributed by atoms with E-state index in [0.29, 0.717) is 11.6 Å². The van der Waals surface area contributed by atoms with Gasteiger partial charge in [-0.3, -0.25) is 4.79 Å². The second-order valence-electron chi connectivity index (χ2n) is 4.84. The van der Waals surface area contributed by atoms with E-state index in [4.69, 9.17) is 4.74 Å². The molecule has 2 aromatic rings. The quantitative estimate of drug-likeness (QED) is 0.870. The first kappa shape index (κ1) is 13.9. The number of nitrogens with zero attached hydrogens (tertiary/aromatic N) is 4. The van der Waals surface area contributed by atoms with Gasteiger partial charge in [0.2, 0.25) is 5.88 Å². The second-order valence-corrected chi connectivity index (χ2v) is 5.77. The van der Waals surface area contributed by atoms with Crippen molar-refractivity contribution in [1.29, 1.82) is 0 Å². The van der Waals surface area contributed by atoms with E-state index in [2.05, 4.69) is 15.2 Å². The Hall–Kier alpha value is -2.02. The summed E-state index contributed by atoms with van der Waals surface area (Å²) in [6.07, 6.45) is 4.85. The van der Waals surface area contributed by atoms with Crippen LogP contribution < -0.4 is 4.74 Å². The number of hydrogen-bond acceptors (Lipinski definition) is 6. The van der Waals surface area contributed by atoms with Crippen LogP contribution in [-0.2, 0) is 0 Å². The predicted molar refractivity (Wildman–Crippen MR) is 78.3 cm³/mol. The number of hydrogen-bond donors (Lipinski definition) is 0. The number of likely N-dealkylation sites (tertiary alicyclic amines) is 1. The second kappa shape index (κ2) is 6.17. The zero-order valence-electron chi connectivity index (χ0n) is 11.7. The molecule has 0 aliphatic carbocycles. The van der Waals surface area contributed by atoms with E-state index in [1.165, 1.54) is 7.11 Å². The maximum absolute atomic E-state index is 12.7. The Morgan fingerprint density at radius 1 is 1.38 bits per heavy atom. The number of aromatic nitrogens is 3. The average Bonchev–Trinajstić information content (AvgIpc) is 3.08. The van der Waals surface area contributed by atoms with Crippen molar-refractivity contribution in [3.8, 4) is 5.88 Å². The van der Waals surface area contributed by atoms with Crippen LogP contribution in [0.25, 0.3) is 0 Å². The fourth-order valence-electron chi connectivity index (χ4n) is 2.52. The SMILES string of the molecule is COc1ccc(C(=O)N2CCCC[C@H]2c2nccs2)nn1. The topological polar surface area (TPSA) is 68.2 Å². The Balaban J connectivity index is 1.83. The molecular weight excluding hydrogens is 288 g/mol. The van der Waals surface area contributed by atoms with Gasteiger partial charge < -0.3 is 9.64 Å². The first-order valence-electron chi connectivity index (χ1n) is 6.87. The molecule has 1 saturated heterocycles. The van der Waals surface area contributed by atoms with Crippen LogP contribution in [-0.4, -0.2) is 39.6 Å². The lowest BCUT2D eigenvalue weighted by Crippen LogP contribution is -2.38. The Bertz CT molecular complexity index is 600. The van der Waals surface area contributed by atoms with Gasteiger partial charge in [-0.15, -0.1) is 21.5 Å². The van der Waals surface area contributed by atoms with Gasteiger partial charge in [0.15, 0.2) is 5.69 Å². The van der Waals surface area contributed by atoms with Crippen molar-refractivity contribution < 1.29 is 9.53 Å². The summed E-state index contributed by atoms with van der Waals surface area (Å²) in [5, 5.41) is 10.8. The van der Waals surface area contributed by atoms with Crippen molar-refractivity contribution in [1.82, 2.24) is 20.1 Å². The molecule has 0 radical (unpaired) electrons. The summed E-state index contributed by atoms with van der Waals surface area (Å²) in [6.45, 7) is 0.733. The molecule has 0 unspecified atom stereocenters. The highest BCUT2D eigenvalue weighted by Crippen LogP contribution is 2.32. The summed E-state index contributed by atoms with van der Waals surface area (Å²) in [7, 11) is 1.52. The fourth-order valence-corrected chi connectivity index (χ4v) is 3.31. The van der Waals surface area contributed by atoms with E-state index in [1.54, 1.807) is 29.7 Å². The zero-order chi connectivity index (χ0) is 14.7. The first-order chi connectivity index (χ1) is 10.3. The molecule has 110 valence electrons. The summed E-state index contributed by atoms with van der Waals surface area (Å²) in [6, 6.07) is 3.36. The van der Waals surface area contributed by atoms with E-state index in [0.717, 1.165) is 30.8 Å². The molecule has 2 aromatic heterocycles. The summed E-state index contributed by atoms with van der Waals surface area (Å²) in [5.74, 6) is 0.312. The van der Waals surface area contributed by atoms with Crippen LogP contribution in [0.15, 0.2) is 23.7 Å². The van der Waals surface area contributed by atoms with E-state index in [9.17, 15) is 4.79 Å². The molecule has 1 atom stereocenters. The van der Waals surface area contributed by atoms with Crippen molar-refractivity contribution in [3.63, 3.8) is 0 Å². The highest BCUT2D eigenvalue weighted by Gasteiger charge is 2.31. The normalized spacial score (nSPS) is 18.5. The minimum atomic E-state index is -0.0925. The van der Waals surface area contributed by atoms with Gasteiger partial charge in [-0.05, 0) is 25.3 Å². The fraction of sp³-hybridized carbons (Fsp3) is 0.429. The van der Waals surface area contributed by atoms with E-state index in [-0.39, 0.29) is 11.9 Å². The Morgan fingerprint density at radius 3 is 2.95 bits per heavy atom. The van der Waals surface area contributed by atoms with Gasteiger partial charge in [0.05, 0.1) is 13.2 Å². The first-order valence-corrected chi connectivity index (χ1v) is 7.75. The predicted octanol–water partition coefficient (Wildman–Crippen LogP) is 2.31. The molecule has 7 heteroatoms. The van der Waals surface area contributed by atoms with Crippen LogP contribution in [0.2, 0.25) is 0 Å². The number of methoxy groups -OCH3 is 1. The third-order valence-electron chi connectivity index (χ3n) is 3.57. The number of ether oxygens (including phenoxy) is 1. The third-order valence-corrected chi connectivity index (χ3v) is 4.45. The van der Waals surface area contributed by atoms with Gasteiger partial charge in [0, 0.05) is 24.2 Å². The summed E-state index contributed by atoms with van der Waals surface area (Å²) >= 11 is 1.59. The molecule has 21 heavy (non-hydrogen) atoms. The van der Waals surface area contributed by atoms with E-state index in [1.807, 2.05) is 10.3 Å². The Morgan fingerprint density at radius 2 is 2.29 bits per heavy atom. The summed E-state index contributed by atoms with van der Waals surface area (Å²) in [4.78, 5) is 18.9. The van der Waals surface area contributed by atoms with Crippen LogP contribution in [0, 0.1) is 0 Å². The maximum Gasteiger partial charge on any atom is 0.274 e. The van der Waals surface area contributed by atoms with Crippen LogP contribution in [0.1, 0.15) is 40.8 Å². The molecule has 6 nitrogen and oxygen atoms in total. The van der Waals surface area contributed by atoms with E-state index >= 15 is 0 Å². The lowest BCUT2D eigenvalue weighted by atomic mass is 10.0. The Labute approximate surface area is 126 Å². The van der Waals surface area contributed by atoms with Gasteiger partial charge in [0.25, 0.3) is 5.91 Å². The molecule has 3 heterocycles. The van der Waals surface area contributed by atoms with Crippen molar-refractivity contribution >= 4 is 17.2 Å². The lowest BCUT2D eigenvalue weighted by molar-refractivity contribution is 0.0603. The lowest BCUT2D eigenvalue weighted by Gasteiger charge is -2.34. The molecule has 0 aromatic carbocycles. The monoisotopic (exact) mass is 304 g/mol. The van der Waals surface area contributed by atoms with Crippen molar-refractivity contribution in [2.75, 3.05) is 13.7 Å². The van der Waals surface area contributed by atoms with Crippen LogP contribution >= 0.6 is 11.3 Å². The summed E-state index contributed by atoms with van der Waals surface area (Å²) in [5.41, 5.74) is 0.347. The molecule has 1 fully saturated rings. The highest BCUT2D eigenvalue weighted by atomic mass is 32.1. The number of rotatable bonds is 3. The minimum Gasteiger partial charge on any atom is -0.480 e. The molecular formula is C14H16N4O2S. The van der Waals surface area contributed by atoms with Gasteiger partial charge >= 0.3 is 0 Å². The number of piperidine rings is 1. The van der Waals surface area contributed by atoms with Gasteiger partial charge in [-0.25, -0.2) is 4.98 Å². The zero-order valence-corrected chi connectivity index (χ0v) is 12.5. The smallest absolute Gasteiger partial charge is 0.274 e. The van der Waals surface area contributed by atoms with Crippen molar-refractivity contribution in [2.45, 2.75) is 25.3 Å². The van der Waals surface area contributed by atoms with Crippen LogP contribution in [0.4, 0.5) is 0 Å². The van der Waals surface area contributed by atoms with Crippen molar-refractivity contribution in [2.24, 2.45) is 0 Å². The van der Waals surface area contributed by atoms with Crippen molar-refractivity contribution in [3.05, 3.63) is 34.4 Å². The Kier molecular flexibility index (Phi) is 4.10. The number of thiazole rings is 1. The maximum atomic E-state index is 12.7. The van der Waals surface area contributed by atoms with Gasteiger partial charge in [-0.1, -0.05) is 0 Å². The molecule has 0 bridgehead atoms. The highest BCUT2D eigenvalue weighted by molar-refractivity contribution is 7.09. The minimum absolute atomic E-state index is 0.0511. The number of carbonyl (C=O) groups is 1. The number of carbonyl (C=O) groups excluding carboxylic acids is 1. The third kappa shape index (κ3) is 2.87. The molecule has 1 amide bonds. The van der Waals surface area contributed by atoms with E-state index < -0.39 is 0 Å². The molecule has 1 aliphatic heterocycles. The number of amides is 1. The molecule has 0 spiro atoms. The molecule has 3 rings (SSSR count). The molecule has 0 N–H and O–H groups in total. The van der Waals surface area contributed by atoms with Crippen LogP contribution in [0.5, 0.6) is 5.88 Å².